The number of carbonyl (C=O) groups is 1. The Kier molecular flexibility index (Phi) is 4.73. The molecule has 3 N–H and O–H groups in total. The van der Waals surface area contributed by atoms with Crippen molar-refractivity contribution in [2.75, 3.05) is 6.61 Å². The molecule has 3 heterocycles. The SMILES string of the molecule is CC1=C(C(=O)OCCc2ccsc2)C(c2cnc[nH]2)NC(=S)N1. The molecule has 120 valence electrons. The van der Waals surface area contributed by atoms with Crippen molar-refractivity contribution in [2.45, 2.75) is 19.4 Å². The molecule has 2 aromatic heterocycles. The van der Waals surface area contributed by atoms with E-state index in [-0.39, 0.29) is 12.0 Å². The van der Waals surface area contributed by atoms with Gasteiger partial charge in [-0.1, -0.05) is 0 Å². The van der Waals surface area contributed by atoms with E-state index in [9.17, 15) is 4.79 Å². The Morgan fingerprint density at radius 3 is 3.09 bits per heavy atom. The van der Waals surface area contributed by atoms with E-state index < -0.39 is 0 Å². The van der Waals surface area contributed by atoms with E-state index in [2.05, 4.69) is 20.6 Å². The van der Waals surface area contributed by atoms with Crippen LogP contribution in [0.1, 0.15) is 24.2 Å². The summed E-state index contributed by atoms with van der Waals surface area (Å²) in [6.07, 6.45) is 3.93. The second-order valence-electron chi connectivity index (χ2n) is 5.09. The summed E-state index contributed by atoms with van der Waals surface area (Å²) >= 11 is 6.80. The number of esters is 1. The van der Waals surface area contributed by atoms with Gasteiger partial charge < -0.3 is 20.4 Å². The Bertz CT molecular complexity index is 723. The van der Waals surface area contributed by atoms with Crippen molar-refractivity contribution in [1.82, 2.24) is 20.6 Å². The van der Waals surface area contributed by atoms with Crippen molar-refractivity contribution >= 4 is 34.6 Å². The highest BCUT2D eigenvalue weighted by Gasteiger charge is 2.31. The van der Waals surface area contributed by atoms with Crippen LogP contribution in [0.4, 0.5) is 0 Å². The van der Waals surface area contributed by atoms with Gasteiger partial charge in [-0.3, -0.25) is 0 Å². The van der Waals surface area contributed by atoms with Gasteiger partial charge in [-0.15, -0.1) is 0 Å². The highest BCUT2D eigenvalue weighted by molar-refractivity contribution is 7.80. The first-order valence-electron chi connectivity index (χ1n) is 7.10. The number of thiophene rings is 1. The summed E-state index contributed by atoms with van der Waals surface area (Å²) in [6.45, 7) is 2.15. The van der Waals surface area contributed by atoms with Crippen molar-refractivity contribution in [3.63, 3.8) is 0 Å². The maximum Gasteiger partial charge on any atom is 0.338 e. The predicted molar refractivity (Wildman–Crippen MR) is 91.9 cm³/mol. The number of imidazole rings is 1. The average molecular weight is 348 g/mol. The van der Waals surface area contributed by atoms with Crippen LogP contribution in [0.3, 0.4) is 0 Å². The van der Waals surface area contributed by atoms with Crippen molar-refractivity contribution in [3.8, 4) is 0 Å². The summed E-state index contributed by atoms with van der Waals surface area (Å²) in [5, 5.41) is 10.6. The van der Waals surface area contributed by atoms with Gasteiger partial charge in [-0.05, 0) is 41.5 Å². The van der Waals surface area contributed by atoms with Gasteiger partial charge in [0.2, 0.25) is 0 Å². The van der Waals surface area contributed by atoms with Crippen molar-refractivity contribution in [1.29, 1.82) is 0 Å². The molecule has 0 aromatic carbocycles. The first-order chi connectivity index (χ1) is 11.1. The minimum Gasteiger partial charge on any atom is -0.462 e. The quantitative estimate of drug-likeness (QED) is 0.567. The van der Waals surface area contributed by atoms with Crippen molar-refractivity contribution < 1.29 is 9.53 Å². The van der Waals surface area contributed by atoms with E-state index >= 15 is 0 Å². The van der Waals surface area contributed by atoms with Crippen LogP contribution in [0.25, 0.3) is 0 Å². The van der Waals surface area contributed by atoms with Crippen LogP contribution in [-0.2, 0) is 16.0 Å². The largest absolute Gasteiger partial charge is 0.462 e. The molecule has 0 fully saturated rings. The van der Waals surface area contributed by atoms with Crippen molar-refractivity contribution in [3.05, 3.63) is 51.9 Å². The zero-order valence-electron chi connectivity index (χ0n) is 12.5. The van der Waals surface area contributed by atoms with Gasteiger partial charge in [0.15, 0.2) is 5.11 Å². The van der Waals surface area contributed by atoms with E-state index in [0.717, 1.165) is 5.69 Å². The number of allylic oxidation sites excluding steroid dienone is 1. The fourth-order valence-electron chi connectivity index (χ4n) is 2.40. The molecule has 0 spiro atoms. The smallest absolute Gasteiger partial charge is 0.338 e. The molecule has 1 aliphatic rings. The zero-order chi connectivity index (χ0) is 16.2. The Morgan fingerprint density at radius 2 is 2.39 bits per heavy atom. The maximum atomic E-state index is 12.5. The number of nitrogens with zero attached hydrogens (tertiary/aromatic N) is 1. The molecule has 1 atom stereocenters. The van der Waals surface area contributed by atoms with Crippen LogP contribution in [0.2, 0.25) is 0 Å². The van der Waals surface area contributed by atoms with Crippen LogP contribution in [0, 0.1) is 0 Å². The first-order valence-corrected chi connectivity index (χ1v) is 8.45. The molecule has 0 amide bonds. The number of hydrogen-bond acceptors (Lipinski definition) is 5. The highest BCUT2D eigenvalue weighted by atomic mass is 32.1. The summed E-state index contributed by atoms with van der Waals surface area (Å²) in [7, 11) is 0. The van der Waals surface area contributed by atoms with Gasteiger partial charge in [-0.25, -0.2) is 9.78 Å². The average Bonchev–Trinajstić information content (AvgIpc) is 3.20. The molecule has 0 bridgehead atoms. The van der Waals surface area contributed by atoms with Crippen molar-refractivity contribution in [2.24, 2.45) is 0 Å². The zero-order valence-corrected chi connectivity index (χ0v) is 14.1. The number of hydrogen-bond donors (Lipinski definition) is 3. The normalized spacial score (nSPS) is 17.6. The molecule has 0 saturated carbocycles. The summed E-state index contributed by atoms with van der Waals surface area (Å²) < 4.78 is 5.44. The van der Waals surface area contributed by atoms with Crippen LogP contribution < -0.4 is 10.6 Å². The summed E-state index contributed by atoms with van der Waals surface area (Å²) in [5.74, 6) is -0.361. The molecule has 0 radical (unpaired) electrons. The van der Waals surface area contributed by atoms with Crippen LogP contribution >= 0.6 is 23.6 Å². The molecule has 0 saturated heterocycles. The Labute approximate surface area is 143 Å². The highest BCUT2D eigenvalue weighted by Crippen LogP contribution is 2.26. The molecule has 8 heteroatoms. The Hall–Kier alpha value is -2.19. The molecule has 1 aliphatic heterocycles. The number of carbonyl (C=O) groups excluding carboxylic acids is 1. The van der Waals surface area contributed by atoms with Crippen LogP contribution in [0.5, 0.6) is 0 Å². The lowest BCUT2D eigenvalue weighted by Crippen LogP contribution is -2.45. The van der Waals surface area contributed by atoms with Gasteiger partial charge in [0.05, 0.1) is 30.4 Å². The van der Waals surface area contributed by atoms with E-state index in [0.29, 0.717) is 29.4 Å². The van der Waals surface area contributed by atoms with E-state index in [1.54, 1.807) is 23.9 Å². The molecular formula is C15H16N4O2S2. The van der Waals surface area contributed by atoms with Gasteiger partial charge in [0, 0.05) is 12.1 Å². The van der Waals surface area contributed by atoms with Gasteiger partial charge >= 0.3 is 5.97 Å². The molecule has 2 aromatic rings. The summed E-state index contributed by atoms with van der Waals surface area (Å²) in [6, 6.07) is 1.64. The van der Waals surface area contributed by atoms with Gasteiger partial charge in [0.25, 0.3) is 0 Å². The standard InChI is InChI=1S/C15H16N4O2S2/c1-9-12(14(20)21-4-2-10-3-5-23-7-10)13(19-15(22)18-9)11-6-16-8-17-11/h3,5-8,13H,2,4H2,1H3,(H,16,17)(H2,18,19,22). The lowest BCUT2D eigenvalue weighted by Gasteiger charge is -2.28. The number of H-pyrrole nitrogens is 1. The third-order valence-corrected chi connectivity index (χ3v) is 4.48. The fraction of sp³-hybridized carbons (Fsp3) is 0.267. The minimum atomic E-state index is -0.389. The molecule has 6 nitrogen and oxygen atoms in total. The summed E-state index contributed by atoms with van der Waals surface area (Å²) in [5.41, 5.74) is 3.12. The number of thiocarbonyl (C=S) groups is 1. The summed E-state index contributed by atoms with van der Waals surface area (Å²) in [4.78, 5) is 19.5. The molecule has 23 heavy (non-hydrogen) atoms. The molecule has 0 aliphatic carbocycles. The van der Waals surface area contributed by atoms with E-state index in [1.807, 2.05) is 23.8 Å². The number of aromatic nitrogens is 2. The molecule has 3 rings (SSSR count). The number of rotatable bonds is 5. The van der Waals surface area contributed by atoms with Gasteiger partial charge in [0.1, 0.15) is 6.04 Å². The Balaban J connectivity index is 1.72. The maximum absolute atomic E-state index is 12.5. The second-order valence-corrected chi connectivity index (χ2v) is 6.28. The van der Waals surface area contributed by atoms with Crippen LogP contribution in [0.15, 0.2) is 40.6 Å². The monoisotopic (exact) mass is 348 g/mol. The number of nitrogens with one attached hydrogen (secondary N) is 3. The second kappa shape index (κ2) is 6.93. The molecule has 1 unspecified atom stereocenters. The number of aromatic amines is 1. The minimum absolute atomic E-state index is 0.340. The lowest BCUT2D eigenvalue weighted by molar-refractivity contribution is -0.139. The third-order valence-electron chi connectivity index (χ3n) is 3.52. The van der Waals surface area contributed by atoms with Gasteiger partial charge in [-0.2, -0.15) is 11.3 Å². The number of ether oxygens (including phenoxy) is 1. The lowest BCUT2D eigenvalue weighted by atomic mass is 10.0. The topological polar surface area (TPSA) is 79.0 Å². The predicted octanol–water partition coefficient (Wildman–Crippen LogP) is 2.05. The van der Waals surface area contributed by atoms with E-state index in [4.69, 9.17) is 17.0 Å². The molecular weight excluding hydrogens is 332 g/mol. The van der Waals surface area contributed by atoms with E-state index in [1.165, 1.54) is 5.56 Å². The third kappa shape index (κ3) is 3.59. The fourth-order valence-corrected chi connectivity index (χ4v) is 3.37. The van der Waals surface area contributed by atoms with Crippen LogP contribution in [-0.4, -0.2) is 27.7 Å². The Morgan fingerprint density at radius 1 is 1.52 bits per heavy atom. The first kappa shape index (κ1) is 15.7.